The van der Waals surface area contributed by atoms with Gasteiger partial charge < -0.3 is 14.7 Å². The van der Waals surface area contributed by atoms with Crippen LogP contribution < -0.4 is 14.1 Å². The summed E-state index contributed by atoms with van der Waals surface area (Å²) < 4.78 is 39.3. The minimum Gasteiger partial charge on any atom is -0.608 e. The van der Waals surface area contributed by atoms with E-state index in [9.17, 15) is 18.4 Å². The number of hydroxylamine groups is 1. The Bertz CT molecular complexity index is 1240. The lowest BCUT2D eigenvalue weighted by Gasteiger charge is -2.35. The fourth-order valence-electron chi connectivity index (χ4n) is 5.82. The number of hydrogen-bond donors (Lipinski definition) is 2. The largest absolute Gasteiger partial charge is 0.608 e. The van der Waals surface area contributed by atoms with Crippen molar-refractivity contribution in [2.75, 3.05) is 36.0 Å². The molecule has 0 bridgehead atoms. The van der Waals surface area contributed by atoms with Crippen LogP contribution in [-0.4, -0.2) is 56.7 Å². The van der Waals surface area contributed by atoms with E-state index in [-0.39, 0.29) is 11.7 Å². The molecule has 36 heavy (non-hydrogen) atoms. The lowest BCUT2D eigenvalue weighted by Crippen LogP contribution is -3.14. The molecule has 2 saturated heterocycles. The molecule has 0 spiro atoms. The van der Waals surface area contributed by atoms with Crippen molar-refractivity contribution in [3.63, 3.8) is 0 Å². The quantitative estimate of drug-likeness (QED) is 0.552. The lowest BCUT2D eigenvalue weighted by molar-refractivity contribution is -0.604. The molecular weight excluding hydrogens is 486 g/mol. The van der Waals surface area contributed by atoms with Crippen LogP contribution in [0.4, 0.5) is 16.2 Å². The van der Waals surface area contributed by atoms with Crippen LogP contribution in [0.3, 0.4) is 0 Å². The Labute approximate surface area is 210 Å². The average Bonchev–Trinajstić information content (AvgIpc) is 3.59. The normalized spacial score (nSPS) is 21.0. The Morgan fingerprint density at radius 1 is 1.08 bits per heavy atom. The summed E-state index contributed by atoms with van der Waals surface area (Å²) in [7, 11) is -4.66. The van der Waals surface area contributed by atoms with Gasteiger partial charge in [-0.15, -0.1) is 0 Å². The van der Waals surface area contributed by atoms with Crippen molar-refractivity contribution >= 4 is 27.6 Å². The van der Waals surface area contributed by atoms with Gasteiger partial charge in [-0.05, 0) is 73.6 Å². The van der Waals surface area contributed by atoms with Gasteiger partial charge >= 0.3 is 16.2 Å². The van der Waals surface area contributed by atoms with E-state index in [0.29, 0.717) is 45.0 Å². The van der Waals surface area contributed by atoms with E-state index in [2.05, 4.69) is 16.5 Å². The van der Waals surface area contributed by atoms with Gasteiger partial charge in [-0.25, -0.2) is 9.10 Å². The molecule has 2 amide bonds. The molecular formula is C24H31N5O6S. The van der Waals surface area contributed by atoms with Crippen molar-refractivity contribution in [2.45, 2.75) is 63.5 Å². The van der Waals surface area contributed by atoms with Gasteiger partial charge in [-0.3, -0.25) is 10.00 Å². The summed E-state index contributed by atoms with van der Waals surface area (Å²) in [5, 5.41) is 20.4. The van der Waals surface area contributed by atoms with E-state index >= 15 is 0 Å². The molecule has 2 aliphatic carbocycles. The molecule has 0 saturated carbocycles. The molecule has 194 valence electrons. The van der Waals surface area contributed by atoms with Crippen molar-refractivity contribution in [1.82, 2.24) is 9.78 Å². The first-order chi connectivity index (χ1) is 17.4. The van der Waals surface area contributed by atoms with E-state index in [0.717, 1.165) is 54.0 Å². The van der Waals surface area contributed by atoms with Gasteiger partial charge in [0.25, 0.3) is 0 Å². The zero-order valence-electron chi connectivity index (χ0n) is 20.1. The number of carbonyl (C=O) groups is 1. The van der Waals surface area contributed by atoms with Gasteiger partial charge in [0.1, 0.15) is 0 Å². The van der Waals surface area contributed by atoms with E-state index in [4.69, 9.17) is 9.47 Å². The van der Waals surface area contributed by atoms with Crippen LogP contribution in [0.2, 0.25) is 0 Å². The van der Waals surface area contributed by atoms with Crippen LogP contribution in [0.5, 0.6) is 0 Å². The highest BCUT2D eigenvalue weighted by molar-refractivity contribution is 7.86. The number of hydrogen-bond acceptors (Lipinski definition) is 7. The number of nitrogens with one attached hydrogen (secondary N) is 2. The molecule has 4 aliphatic rings. The number of amides is 2. The summed E-state index contributed by atoms with van der Waals surface area (Å²) in [6.45, 7) is 1.75. The fourth-order valence-corrected chi connectivity index (χ4v) is 7.26. The molecule has 1 atom stereocenters. The minimum absolute atomic E-state index is 0.0271. The van der Waals surface area contributed by atoms with E-state index in [1.54, 1.807) is 10.9 Å². The predicted molar refractivity (Wildman–Crippen MR) is 131 cm³/mol. The van der Waals surface area contributed by atoms with Crippen LogP contribution in [-0.2, 0) is 45.4 Å². The van der Waals surface area contributed by atoms with Crippen LogP contribution in [0.15, 0.2) is 18.5 Å². The van der Waals surface area contributed by atoms with Crippen molar-refractivity contribution in [3.8, 4) is 0 Å². The molecule has 2 aliphatic heterocycles. The standard InChI is InChI=1S/C24H31N5O6S/c30-24(26-23-21-5-1-3-16(21)11-17-4-2-6-22(17)23)29(31)36(32,33)28(18-7-9-34-10-8-18)19-12-25-27(13-19)20-14-35-15-20/h11-13,18,20,29H,1-10,14-15H2,(H,26,30). The number of fused-ring (bicyclic) bond motifs is 2. The number of urea groups is 1. The Morgan fingerprint density at radius 2 is 1.75 bits per heavy atom. The Morgan fingerprint density at radius 3 is 2.36 bits per heavy atom. The van der Waals surface area contributed by atoms with E-state index in [1.165, 1.54) is 17.3 Å². The van der Waals surface area contributed by atoms with Crippen LogP contribution in [0, 0.1) is 5.21 Å². The number of aryl methyl sites for hydroxylation is 2. The zero-order valence-corrected chi connectivity index (χ0v) is 20.9. The first kappa shape index (κ1) is 23.9. The second-order valence-electron chi connectivity index (χ2n) is 9.99. The molecule has 11 nitrogen and oxygen atoms in total. The second-order valence-corrected chi connectivity index (χ2v) is 11.7. The summed E-state index contributed by atoms with van der Waals surface area (Å²) in [6.07, 6.45) is 9.38. The van der Waals surface area contributed by atoms with Crippen LogP contribution in [0.25, 0.3) is 0 Å². The van der Waals surface area contributed by atoms with Gasteiger partial charge in [-0.1, -0.05) is 6.07 Å². The highest BCUT2D eigenvalue weighted by atomic mass is 32.2. The summed E-state index contributed by atoms with van der Waals surface area (Å²) in [6, 6.07) is 0.637. The molecule has 2 aromatic rings. The maximum absolute atomic E-state index is 13.7. The number of benzene rings is 1. The summed E-state index contributed by atoms with van der Waals surface area (Å²) in [5.41, 5.74) is 5.40. The third-order valence-electron chi connectivity index (χ3n) is 7.75. The van der Waals surface area contributed by atoms with Crippen molar-refractivity contribution in [2.24, 2.45) is 0 Å². The van der Waals surface area contributed by atoms with Crippen molar-refractivity contribution in [3.05, 3.63) is 45.9 Å². The van der Waals surface area contributed by atoms with Gasteiger partial charge in [-0.2, -0.15) is 18.0 Å². The topological polar surface area (TPSA) is 130 Å². The maximum atomic E-state index is 13.7. The van der Waals surface area contributed by atoms with Gasteiger partial charge in [0, 0.05) is 13.2 Å². The van der Waals surface area contributed by atoms with Crippen LogP contribution in [0.1, 0.15) is 54.0 Å². The monoisotopic (exact) mass is 517 g/mol. The zero-order chi connectivity index (χ0) is 24.9. The third-order valence-corrected chi connectivity index (χ3v) is 9.43. The smallest absolute Gasteiger partial charge is 0.436 e. The fraction of sp³-hybridized carbons (Fsp3) is 0.583. The molecule has 1 aromatic carbocycles. The molecule has 0 radical (unpaired) electrons. The first-order valence-corrected chi connectivity index (χ1v) is 14.1. The molecule has 12 heteroatoms. The Kier molecular flexibility index (Phi) is 6.24. The molecule has 2 fully saturated rings. The molecule has 2 N–H and O–H groups in total. The number of anilines is 2. The average molecular weight is 518 g/mol. The van der Waals surface area contributed by atoms with Gasteiger partial charge in [0.2, 0.25) is 0 Å². The van der Waals surface area contributed by atoms with Gasteiger partial charge in [0.15, 0.2) is 0 Å². The predicted octanol–water partition coefficient (Wildman–Crippen LogP) is 1.28. The molecule has 6 rings (SSSR count). The number of aromatic nitrogens is 2. The van der Waals surface area contributed by atoms with E-state index in [1.807, 2.05) is 0 Å². The maximum Gasteiger partial charge on any atom is 0.436 e. The third kappa shape index (κ3) is 4.10. The summed E-state index contributed by atoms with van der Waals surface area (Å²) >= 11 is 0. The molecule has 1 aromatic heterocycles. The highest BCUT2D eigenvalue weighted by Gasteiger charge is 2.41. The summed E-state index contributed by atoms with van der Waals surface area (Å²) in [4.78, 5) is 13.2. The molecule has 3 heterocycles. The Hall–Kier alpha value is -2.51. The Balaban J connectivity index is 1.30. The number of ether oxygens (including phenoxy) is 2. The number of carbonyl (C=O) groups excluding carboxylic acids is 1. The SMILES string of the molecule is O=C(Nc1c2c(cc3c1CCC3)CCC2)[NH+]([O-])S(=O)(=O)N(c1cnn(C2COC2)c1)C1CCOCC1. The number of rotatable bonds is 6. The first-order valence-electron chi connectivity index (χ1n) is 12.7. The lowest BCUT2D eigenvalue weighted by atomic mass is 9.99. The number of quaternary nitrogens is 1. The van der Waals surface area contributed by atoms with Gasteiger partial charge in [0.05, 0.1) is 49.1 Å². The second kappa shape index (κ2) is 9.42. The van der Waals surface area contributed by atoms with Crippen molar-refractivity contribution in [1.29, 1.82) is 0 Å². The number of nitrogens with zero attached hydrogens (tertiary/aromatic N) is 3. The summed E-state index contributed by atoms with van der Waals surface area (Å²) in [5.74, 6) is 0. The highest BCUT2D eigenvalue weighted by Crippen LogP contribution is 2.38. The minimum atomic E-state index is -4.66. The van der Waals surface area contributed by atoms with Crippen LogP contribution >= 0.6 is 0 Å². The van der Waals surface area contributed by atoms with Crippen molar-refractivity contribution < 1.29 is 27.2 Å². The van der Waals surface area contributed by atoms with E-state index < -0.39 is 26.8 Å². The molecule has 1 unspecified atom stereocenters.